The van der Waals surface area contributed by atoms with Crippen LogP contribution in [-0.2, 0) is 9.31 Å². The summed E-state index contributed by atoms with van der Waals surface area (Å²) >= 11 is 0. The molecular formula is C14H27BO2. The van der Waals surface area contributed by atoms with Gasteiger partial charge in [0.2, 0.25) is 0 Å². The Bertz CT molecular complexity index is 255. The summed E-state index contributed by atoms with van der Waals surface area (Å²) in [7, 11) is -0.221. The molecule has 1 saturated heterocycles. The van der Waals surface area contributed by atoms with E-state index in [1.54, 1.807) is 0 Å². The van der Waals surface area contributed by atoms with Crippen molar-refractivity contribution < 1.29 is 9.31 Å². The van der Waals surface area contributed by atoms with Gasteiger partial charge in [-0.15, -0.1) is 6.58 Å². The molecule has 0 aliphatic carbocycles. The highest BCUT2D eigenvalue weighted by atomic mass is 16.7. The Morgan fingerprint density at radius 1 is 1.00 bits per heavy atom. The van der Waals surface area contributed by atoms with Crippen molar-refractivity contribution in [2.75, 3.05) is 0 Å². The van der Waals surface area contributed by atoms with Crippen molar-refractivity contribution in [3.05, 3.63) is 12.1 Å². The summed E-state index contributed by atoms with van der Waals surface area (Å²) in [6.07, 6.45) is 6.04. The van der Waals surface area contributed by atoms with Crippen LogP contribution in [0, 0.1) is 0 Å². The molecule has 98 valence electrons. The van der Waals surface area contributed by atoms with E-state index in [0.717, 1.165) is 11.9 Å². The van der Waals surface area contributed by atoms with Gasteiger partial charge < -0.3 is 9.31 Å². The molecule has 1 aliphatic heterocycles. The molecule has 0 unspecified atom stereocenters. The molecule has 0 atom stereocenters. The maximum atomic E-state index is 5.96. The van der Waals surface area contributed by atoms with Gasteiger partial charge >= 0.3 is 7.12 Å². The molecule has 0 saturated carbocycles. The standard InChI is InChI=1S/C14H27BO2/c1-7-8-9-10-11-12(2)15-16-13(3,4)14(5,6)17-15/h2,7-11H2,1,3-6H3. The average Bonchev–Trinajstić information content (AvgIpc) is 2.43. The third kappa shape index (κ3) is 3.59. The van der Waals surface area contributed by atoms with Crippen LogP contribution in [0.3, 0.4) is 0 Å². The summed E-state index contributed by atoms with van der Waals surface area (Å²) in [6, 6.07) is 0. The molecule has 1 rings (SSSR count). The molecular weight excluding hydrogens is 211 g/mol. The fourth-order valence-electron chi connectivity index (χ4n) is 1.91. The molecule has 0 bridgehead atoms. The summed E-state index contributed by atoms with van der Waals surface area (Å²) < 4.78 is 11.9. The number of rotatable bonds is 6. The highest BCUT2D eigenvalue weighted by Crippen LogP contribution is 2.38. The minimum absolute atomic E-state index is 0.221. The van der Waals surface area contributed by atoms with E-state index in [1.807, 2.05) is 0 Å². The van der Waals surface area contributed by atoms with E-state index in [-0.39, 0.29) is 18.3 Å². The van der Waals surface area contributed by atoms with Gasteiger partial charge in [0.05, 0.1) is 11.2 Å². The second kappa shape index (κ2) is 5.58. The second-order valence-corrected chi connectivity index (χ2v) is 6.06. The first-order valence-corrected chi connectivity index (χ1v) is 6.83. The highest BCUT2D eigenvalue weighted by Gasteiger charge is 2.51. The van der Waals surface area contributed by atoms with Crippen LogP contribution < -0.4 is 0 Å². The summed E-state index contributed by atoms with van der Waals surface area (Å²) in [5.41, 5.74) is 0.591. The quantitative estimate of drug-likeness (QED) is 0.511. The fraction of sp³-hybridized carbons (Fsp3) is 0.857. The van der Waals surface area contributed by atoms with E-state index >= 15 is 0 Å². The predicted molar refractivity (Wildman–Crippen MR) is 74.0 cm³/mol. The molecule has 2 nitrogen and oxygen atoms in total. The van der Waals surface area contributed by atoms with Gasteiger partial charge in [-0.25, -0.2) is 0 Å². The lowest BCUT2D eigenvalue weighted by atomic mass is 9.76. The van der Waals surface area contributed by atoms with Gasteiger partial charge in [0.15, 0.2) is 0 Å². The Morgan fingerprint density at radius 2 is 1.53 bits per heavy atom. The number of unbranched alkanes of at least 4 members (excludes halogenated alkanes) is 3. The van der Waals surface area contributed by atoms with Crippen molar-refractivity contribution in [1.82, 2.24) is 0 Å². The molecule has 17 heavy (non-hydrogen) atoms. The third-order valence-electron chi connectivity index (χ3n) is 3.94. The van der Waals surface area contributed by atoms with Crippen LogP contribution in [0.5, 0.6) is 0 Å². The molecule has 3 heteroatoms. The van der Waals surface area contributed by atoms with Crippen LogP contribution >= 0.6 is 0 Å². The molecule has 0 aromatic carbocycles. The van der Waals surface area contributed by atoms with Gasteiger partial charge in [0, 0.05) is 0 Å². The topological polar surface area (TPSA) is 18.5 Å². The van der Waals surface area contributed by atoms with Gasteiger partial charge in [0.1, 0.15) is 0 Å². The molecule has 1 heterocycles. The lowest BCUT2D eigenvalue weighted by molar-refractivity contribution is 0.00578. The van der Waals surface area contributed by atoms with Crippen LogP contribution in [0.2, 0.25) is 0 Å². The zero-order chi connectivity index (χ0) is 13.1. The molecule has 0 N–H and O–H groups in total. The Hall–Kier alpha value is -0.275. The Kier molecular flexibility index (Phi) is 4.85. The molecule has 0 spiro atoms. The maximum absolute atomic E-state index is 5.96. The summed E-state index contributed by atoms with van der Waals surface area (Å²) in [4.78, 5) is 0. The predicted octanol–water partition coefficient (Wildman–Crippen LogP) is 4.14. The van der Waals surface area contributed by atoms with Crippen LogP contribution in [0.15, 0.2) is 12.1 Å². The molecule has 0 radical (unpaired) electrons. The van der Waals surface area contributed by atoms with E-state index in [2.05, 4.69) is 41.2 Å². The van der Waals surface area contributed by atoms with Crippen LogP contribution in [0.1, 0.15) is 66.7 Å². The van der Waals surface area contributed by atoms with Gasteiger partial charge in [-0.05, 0) is 39.6 Å². The minimum Gasteiger partial charge on any atom is -0.400 e. The lowest BCUT2D eigenvalue weighted by Gasteiger charge is -2.32. The maximum Gasteiger partial charge on any atom is 0.489 e. The summed E-state index contributed by atoms with van der Waals surface area (Å²) in [6.45, 7) is 14.7. The van der Waals surface area contributed by atoms with E-state index in [9.17, 15) is 0 Å². The Morgan fingerprint density at radius 3 is 2.00 bits per heavy atom. The SMILES string of the molecule is C=C(CCCCCC)B1OC(C)(C)C(C)(C)O1. The number of hydrogen-bond donors (Lipinski definition) is 0. The molecule has 0 aromatic heterocycles. The summed E-state index contributed by atoms with van der Waals surface area (Å²) in [5, 5.41) is 0. The second-order valence-electron chi connectivity index (χ2n) is 6.06. The van der Waals surface area contributed by atoms with E-state index in [1.165, 1.54) is 25.7 Å². The largest absolute Gasteiger partial charge is 0.489 e. The number of allylic oxidation sites excluding steroid dienone is 1. The highest BCUT2D eigenvalue weighted by molar-refractivity contribution is 6.54. The van der Waals surface area contributed by atoms with Gasteiger partial charge in [-0.2, -0.15) is 0 Å². The Balaban J connectivity index is 2.40. The minimum atomic E-state index is -0.246. The molecule has 1 aliphatic rings. The van der Waals surface area contributed by atoms with Crippen molar-refractivity contribution in [1.29, 1.82) is 0 Å². The number of hydrogen-bond acceptors (Lipinski definition) is 2. The van der Waals surface area contributed by atoms with Gasteiger partial charge in [-0.3, -0.25) is 0 Å². The Labute approximate surface area is 107 Å². The average molecular weight is 238 g/mol. The zero-order valence-corrected chi connectivity index (χ0v) is 12.1. The van der Waals surface area contributed by atoms with E-state index < -0.39 is 0 Å². The van der Waals surface area contributed by atoms with Crippen molar-refractivity contribution in [2.45, 2.75) is 77.9 Å². The van der Waals surface area contributed by atoms with Crippen molar-refractivity contribution >= 4 is 7.12 Å². The normalized spacial score (nSPS) is 21.8. The van der Waals surface area contributed by atoms with Crippen LogP contribution in [0.4, 0.5) is 0 Å². The van der Waals surface area contributed by atoms with Gasteiger partial charge in [0.25, 0.3) is 0 Å². The van der Waals surface area contributed by atoms with Crippen LogP contribution in [-0.4, -0.2) is 18.3 Å². The van der Waals surface area contributed by atoms with Crippen LogP contribution in [0.25, 0.3) is 0 Å². The fourth-order valence-corrected chi connectivity index (χ4v) is 1.91. The van der Waals surface area contributed by atoms with Crippen molar-refractivity contribution in [3.63, 3.8) is 0 Å². The third-order valence-corrected chi connectivity index (χ3v) is 3.94. The van der Waals surface area contributed by atoms with E-state index in [0.29, 0.717) is 0 Å². The first kappa shape index (κ1) is 14.8. The smallest absolute Gasteiger partial charge is 0.400 e. The van der Waals surface area contributed by atoms with E-state index in [4.69, 9.17) is 9.31 Å². The van der Waals surface area contributed by atoms with Gasteiger partial charge in [-0.1, -0.05) is 32.6 Å². The summed E-state index contributed by atoms with van der Waals surface area (Å²) in [5.74, 6) is 0. The van der Waals surface area contributed by atoms with Crippen molar-refractivity contribution in [2.24, 2.45) is 0 Å². The molecule has 0 aromatic rings. The monoisotopic (exact) mass is 238 g/mol. The van der Waals surface area contributed by atoms with Crippen molar-refractivity contribution in [3.8, 4) is 0 Å². The lowest BCUT2D eigenvalue weighted by Crippen LogP contribution is -2.41. The molecule has 1 fully saturated rings. The first-order valence-electron chi connectivity index (χ1n) is 6.83. The first-order chi connectivity index (χ1) is 7.80. The molecule has 0 amide bonds. The zero-order valence-electron chi connectivity index (χ0n) is 12.1.